The SMILES string of the molecule is CN1CCC(O)(c2cn(-c3cccc(-c4nc(C(N)=O)c5ccccc5n4)c3)cn2)C1=O. The van der Waals surface area contributed by atoms with E-state index in [2.05, 4.69) is 15.0 Å². The lowest BCUT2D eigenvalue weighted by atomic mass is 9.99. The lowest BCUT2D eigenvalue weighted by Crippen LogP contribution is -2.36. The van der Waals surface area contributed by atoms with Gasteiger partial charge in [-0.1, -0.05) is 30.3 Å². The summed E-state index contributed by atoms with van der Waals surface area (Å²) >= 11 is 0. The molecule has 0 radical (unpaired) electrons. The van der Waals surface area contributed by atoms with Gasteiger partial charge >= 0.3 is 0 Å². The van der Waals surface area contributed by atoms with E-state index in [1.54, 1.807) is 42.3 Å². The number of aromatic nitrogens is 4. The third-order valence-corrected chi connectivity index (χ3v) is 5.75. The van der Waals surface area contributed by atoms with Gasteiger partial charge in [-0.05, 0) is 18.2 Å². The molecule has 0 spiro atoms. The molecule has 3 N–H and O–H groups in total. The Morgan fingerprint density at radius 3 is 2.72 bits per heavy atom. The van der Waals surface area contributed by atoms with Crippen molar-refractivity contribution in [3.63, 3.8) is 0 Å². The van der Waals surface area contributed by atoms with Crippen LogP contribution in [-0.2, 0) is 10.4 Å². The highest BCUT2D eigenvalue weighted by Crippen LogP contribution is 2.32. The minimum Gasteiger partial charge on any atom is -0.374 e. The van der Waals surface area contributed by atoms with E-state index in [0.29, 0.717) is 41.0 Å². The van der Waals surface area contributed by atoms with Crippen molar-refractivity contribution in [1.82, 2.24) is 24.4 Å². The van der Waals surface area contributed by atoms with E-state index in [9.17, 15) is 14.7 Å². The van der Waals surface area contributed by atoms with E-state index < -0.39 is 11.5 Å². The Bertz CT molecular complexity index is 1380. The first-order valence-electron chi connectivity index (χ1n) is 10.1. The summed E-state index contributed by atoms with van der Waals surface area (Å²) in [7, 11) is 1.66. The molecule has 4 aromatic rings. The van der Waals surface area contributed by atoms with E-state index in [1.807, 2.05) is 30.3 Å². The van der Waals surface area contributed by atoms with Crippen LogP contribution >= 0.6 is 0 Å². The van der Waals surface area contributed by atoms with Crippen LogP contribution in [0.15, 0.2) is 61.1 Å². The maximum Gasteiger partial charge on any atom is 0.268 e. The molecule has 1 saturated heterocycles. The van der Waals surface area contributed by atoms with Crippen molar-refractivity contribution in [2.45, 2.75) is 12.0 Å². The number of fused-ring (bicyclic) bond motifs is 1. The lowest BCUT2D eigenvalue weighted by molar-refractivity contribution is -0.143. The summed E-state index contributed by atoms with van der Waals surface area (Å²) in [5.74, 6) is -0.620. The molecule has 5 rings (SSSR count). The van der Waals surface area contributed by atoms with Gasteiger partial charge in [0.15, 0.2) is 11.4 Å². The van der Waals surface area contributed by atoms with Crippen molar-refractivity contribution >= 4 is 22.7 Å². The van der Waals surface area contributed by atoms with Crippen LogP contribution in [0.4, 0.5) is 0 Å². The van der Waals surface area contributed by atoms with Gasteiger partial charge in [-0.3, -0.25) is 9.59 Å². The topological polar surface area (TPSA) is 127 Å². The number of benzene rings is 2. The van der Waals surface area contributed by atoms with Gasteiger partial charge in [-0.25, -0.2) is 15.0 Å². The average molecular weight is 428 g/mol. The molecule has 9 nitrogen and oxygen atoms in total. The average Bonchev–Trinajstić information content (AvgIpc) is 3.41. The predicted octanol–water partition coefficient (Wildman–Crippen LogP) is 1.63. The second kappa shape index (κ2) is 7.24. The van der Waals surface area contributed by atoms with Gasteiger partial charge in [0.1, 0.15) is 11.4 Å². The third kappa shape index (κ3) is 3.10. The lowest BCUT2D eigenvalue weighted by Gasteiger charge is -2.18. The van der Waals surface area contributed by atoms with Crippen LogP contribution < -0.4 is 5.73 Å². The van der Waals surface area contributed by atoms with Crippen LogP contribution in [0, 0.1) is 0 Å². The predicted molar refractivity (Wildman–Crippen MR) is 117 cm³/mol. The number of imidazole rings is 1. The Kier molecular flexibility index (Phi) is 4.49. The number of nitrogens with two attached hydrogens (primary N) is 1. The van der Waals surface area contributed by atoms with E-state index >= 15 is 0 Å². The number of likely N-dealkylation sites (N-methyl/N-ethyl adjacent to an activating group) is 1. The van der Waals surface area contributed by atoms with Gasteiger partial charge in [0.05, 0.1) is 11.8 Å². The van der Waals surface area contributed by atoms with E-state index in [1.165, 1.54) is 4.90 Å². The Hall–Kier alpha value is -4.11. The van der Waals surface area contributed by atoms with Crippen LogP contribution in [0.2, 0.25) is 0 Å². The molecule has 1 unspecified atom stereocenters. The number of rotatable bonds is 4. The first kappa shape index (κ1) is 19.8. The zero-order valence-corrected chi connectivity index (χ0v) is 17.3. The van der Waals surface area contributed by atoms with Gasteiger partial charge in [-0.15, -0.1) is 0 Å². The highest BCUT2D eigenvalue weighted by molar-refractivity contribution is 6.04. The van der Waals surface area contributed by atoms with E-state index in [-0.39, 0.29) is 11.6 Å². The van der Waals surface area contributed by atoms with Crippen molar-refractivity contribution in [2.24, 2.45) is 5.73 Å². The fourth-order valence-corrected chi connectivity index (χ4v) is 3.97. The minimum atomic E-state index is -1.62. The molecular weight excluding hydrogens is 408 g/mol. The van der Waals surface area contributed by atoms with Crippen LogP contribution in [0.25, 0.3) is 28.0 Å². The zero-order chi connectivity index (χ0) is 22.5. The number of primary amides is 1. The summed E-state index contributed by atoms with van der Waals surface area (Å²) in [6.07, 6.45) is 3.49. The van der Waals surface area contributed by atoms with Crippen LogP contribution in [0.5, 0.6) is 0 Å². The second-order valence-corrected chi connectivity index (χ2v) is 7.83. The van der Waals surface area contributed by atoms with Gasteiger partial charge in [0.2, 0.25) is 0 Å². The van der Waals surface area contributed by atoms with Crippen molar-refractivity contribution < 1.29 is 14.7 Å². The molecule has 160 valence electrons. The number of amides is 2. The first-order chi connectivity index (χ1) is 15.4. The summed E-state index contributed by atoms with van der Waals surface area (Å²) in [4.78, 5) is 39.1. The summed E-state index contributed by atoms with van der Waals surface area (Å²) in [5.41, 5.74) is 6.43. The molecule has 32 heavy (non-hydrogen) atoms. The molecule has 1 fully saturated rings. The Morgan fingerprint density at radius 2 is 1.97 bits per heavy atom. The maximum absolute atomic E-state index is 12.4. The number of hydrogen-bond acceptors (Lipinski definition) is 6. The largest absolute Gasteiger partial charge is 0.374 e. The quantitative estimate of drug-likeness (QED) is 0.509. The van der Waals surface area contributed by atoms with Crippen molar-refractivity contribution in [3.05, 3.63) is 72.4 Å². The molecule has 1 atom stereocenters. The molecule has 9 heteroatoms. The standard InChI is InChI=1S/C23H20N6O3/c1-28-10-9-23(32,22(28)31)18-12-29(13-25-18)15-6-4-5-14(11-15)21-26-17-8-3-2-7-16(17)19(27-21)20(24)30/h2-8,11-13,32H,9-10H2,1H3,(H2,24,30). The summed E-state index contributed by atoms with van der Waals surface area (Å²) in [6, 6.07) is 14.6. The summed E-state index contributed by atoms with van der Waals surface area (Å²) < 4.78 is 1.72. The van der Waals surface area contributed by atoms with Crippen molar-refractivity contribution in [1.29, 1.82) is 0 Å². The molecule has 0 aliphatic carbocycles. The normalized spacial score (nSPS) is 18.4. The fourth-order valence-electron chi connectivity index (χ4n) is 3.97. The van der Waals surface area contributed by atoms with Crippen LogP contribution in [0.3, 0.4) is 0 Å². The van der Waals surface area contributed by atoms with Crippen LogP contribution in [-0.4, -0.2) is 54.9 Å². The van der Waals surface area contributed by atoms with Crippen LogP contribution in [0.1, 0.15) is 22.6 Å². The number of para-hydroxylation sites is 1. The number of nitrogens with zero attached hydrogens (tertiary/aromatic N) is 5. The molecular formula is C23H20N6O3. The summed E-state index contributed by atoms with van der Waals surface area (Å²) in [5, 5.41) is 11.4. The Balaban J connectivity index is 1.55. The van der Waals surface area contributed by atoms with Crippen molar-refractivity contribution in [3.8, 4) is 17.1 Å². The maximum atomic E-state index is 12.4. The van der Waals surface area contributed by atoms with Gasteiger partial charge < -0.3 is 20.3 Å². The molecule has 0 bridgehead atoms. The number of carbonyl (C=O) groups is 2. The van der Waals surface area contributed by atoms with E-state index in [0.717, 1.165) is 5.69 Å². The zero-order valence-electron chi connectivity index (χ0n) is 17.3. The highest BCUT2D eigenvalue weighted by atomic mass is 16.3. The van der Waals surface area contributed by atoms with Gasteiger partial charge in [0.25, 0.3) is 11.8 Å². The number of aliphatic hydroxyl groups is 1. The number of likely N-dealkylation sites (tertiary alicyclic amines) is 1. The molecule has 3 heterocycles. The Labute approximate surface area is 183 Å². The minimum absolute atomic E-state index is 0.159. The molecule has 1 aliphatic heterocycles. The highest BCUT2D eigenvalue weighted by Gasteiger charge is 2.46. The molecule has 2 aromatic heterocycles. The Morgan fingerprint density at radius 1 is 1.16 bits per heavy atom. The first-order valence-corrected chi connectivity index (χ1v) is 10.1. The molecule has 2 aromatic carbocycles. The monoisotopic (exact) mass is 428 g/mol. The van der Waals surface area contributed by atoms with Gasteiger partial charge in [0, 0.05) is 42.8 Å². The van der Waals surface area contributed by atoms with E-state index in [4.69, 9.17) is 5.73 Å². The third-order valence-electron chi connectivity index (χ3n) is 5.75. The van der Waals surface area contributed by atoms with Crippen molar-refractivity contribution in [2.75, 3.05) is 13.6 Å². The summed E-state index contributed by atoms with van der Waals surface area (Å²) in [6.45, 7) is 0.471. The molecule has 1 aliphatic rings. The number of carbonyl (C=O) groups excluding carboxylic acids is 2. The molecule has 2 amide bonds. The fraction of sp³-hybridized carbons (Fsp3) is 0.174. The molecule has 0 saturated carbocycles. The smallest absolute Gasteiger partial charge is 0.268 e. The van der Waals surface area contributed by atoms with Gasteiger partial charge in [-0.2, -0.15) is 0 Å². The second-order valence-electron chi connectivity index (χ2n) is 7.83. The number of hydrogen-bond donors (Lipinski definition) is 2.